The molecule has 0 amide bonds. The van der Waals surface area contributed by atoms with E-state index in [1.54, 1.807) is 0 Å². The fraction of sp³-hybridized carbons (Fsp3) is 0.933. The second-order valence-corrected chi connectivity index (χ2v) is 4.90. The first kappa shape index (κ1) is 17.4. The summed E-state index contributed by atoms with van der Waals surface area (Å²) in [5, 5.41) is 3.20. The first-order valence-electron chi connectivity index (χ1n) is 7.62. The molecule has 0 spiro atoms. The van der Waals surface area contributed by atoms with Gasteiger partial charge in [0, 0.05) is 0 Å². The molecule has 0 radical (unpaired) electrons. The Morgan fingerprint density at radius 3 is 2.11 bits per heavy atom. The van der Waals surface area contributed by atoms with Crippen molar-refractivity contribution in [3.8, 4) is 0 Å². The summed E-state index contributed by atoms with van der Waals surface area (Å²) in [5.74, 6) is -0.142. The van der Waals surface area contributed by atoms with Crippen LogP contribution in [0.5, 0.6) is 0 Å². The Balaban J connectivity index is 3.22. The van der Waals surface area contributed by atoms with Crippen LogP contribution in [0.2, 0.25) is 0 Å². The highest BCUT2D eigenvalue weighted by Gasteiger charge is 2.11. The molecule has 1 unspecified atom stereocenters. The molecule has 0 saturated carbocycles. The lowest BCUT2D eigenvalue weighted by Gasteiger charge is -2.12. The molecule has 0 aromatic carbocycles. The molecule has 0 heterocycles. The number of unbranched alkanes of at least 4 members (excludes halogenated alkanes) is 7. The normalized spacial score (nSPS) is 12.4. The van der Waals surface area contributed by atoms with E-state index in [9.17, 15) is 4.79 Å². The molecule has 0 aliphatic heterocycles. The van der Waals surface area contributed by atoms with Gasteiger partial charge in [-0.1, -0.05) is 51.9 Å². The van der Waals surface area contributed by atoms with Crippen LogP contribution >= 0.6 is 0 Å². The second kappa shape index (κ2) is 12.9. The Hall–Kier alpha value is -0.570. The van der Waals surface area contributed by atoms with Gasteiger partial charge in [-0.05, 0) is 26.8 Å². The van der Waals surface area contributed by atoms with Crippen molar-refractivity contribution in [3.05, 3.63) is 0 Å². The zero-order valence-corrected chi connectivity index (χ0v) is 12.5. The van der Waals surface area contributed by atoms with E-state index < -0.39 is 0 Å². The Labute approximate surface area is 113 Å². The molecule has 3 nitrogen and oxygen atoms in total. The van der Waals surface area contributed by atoms with Gasteiger partial charge in [-0.2, -0.15) is 0 Å². The van der Waals surface area contributed by atoms with Gasteiger partial charge in [0.25, 0.3) is 0 Å². The minimum Gasteiger partial charge on any atom is -0.465 e. The summed E-state index contributed by atoms with van der Waals surface area (Å²) in [6.07, 6.45) is 10.5. The van der Waals surface area contributed by atoms with Crippen molar-refractivity contribution < 1.29 is 9.53 Å². The summed E-state index contributed by atoms with van der Waals surface area (Å²) in [4.78, 5) is 11.3. The van der Waals surface area contributed by atoms with Crippen LogP contribution in [0.15, 0.2) is 0 Å². The van der Waals surface area contributed by atoms with Crippen LogP contribution in [0.25, 0.3) is 0 Å². The van der Waals surface area contributed by atoms with Gasteiger partial charge in [0.15, 0.2) is 0 Å². The highest BCUT2D eigenvalue weighted by Crippen LogP contribution is 2.07. The molecule has 0 fully saturated rings. The molecule has 0 aromatic heterocycles. The lowest BCUT2D eigenvalue weighted by molar-refractivity contribution is -0.145. The van der Waals surface area contributed by atoms with E-state index in [4.69, 9.17) is 4.74 Å². The van der Waals surface area contributed by atoms with E-state index in [1.807, 2.05) is 13.8 Å². The number of carbonyl (C=O) groups excluding carboxylic acids is 1. The number of ether oxygens (including phenoxy) is 1. The lowest BCUT2D eigenvalue weighted by Crippen LogP contribution is -2.35. The SMILES string of the molecule is CCCCCCCCCCNC(C)C(=O)OCC. The number of carbonyl (C=O) groups is 1. The van der Waals surface area contributed by atoms with Crippen LogP contribution in [0.3, 0.4) is 0 Å². The van der Waals surface area contributed by atoms with Crippen LogP contribution in [0, 0.1) is 0 Å². The monoisotopic (exact) mass is 257 g/mol. The molecule has 0 rings (SSSR count). The minimum absolute atomic E-state index is 0.142. The number of rotatable bonds is 12. The molecule has 0 aromatic rings. The first-order valence-corrected chi connectivity index (χ1v) is 7.62. The highest BCUT2D eigenvalue weighted by molar-refractivity contribution is 5.75. The Bertz CT molecular complexity index is 195. The molecule has 0 aliphatic carbocycles. The quantitative estimate of drug-likeness (QED) is 0.428. The average Bonchev–Trinajstić information content (AvgIpc) is 2.36. The fourth-order valence-corrected chi connectivity index (χ4v) is 1.93. The first-order chi connectivity index (χ1) is 8.72. The fourth-order valence-electron chi connectivity index (χ4n) is 1.93. The summed E-state index contributed by atoms with van der Waals surface area (Å²) in [7, 11) is 0. The Morgan fingerprint density at radius 1 is 1.00 bits per heavy atom. The topological polar surface area (TPSA) is 38.3 Å². The van der Waals surface area contributed by atoms with Crippen molar-refractivity contribution in [1.82, 2.24) is 5.32 Å². The van der Waals surface area contributed by atoms with Crippen molar-refractivity contribution in [2.75, 3.05) is 13.2 Å². The summed E-state index contributed by atoms with van der Waals surface area (Å²) in [6, 6.07) is -0.172. The van der Waals surface area contributed by atoms with Gasteiger partial charge in [-0.25, -0.2) is 0 Å². The third-order valence-electron chi connectivity index (χ3n) is 3.12. The van der Waals surface area contributed by atoms with Crippen LogP contribution in [-0.2, 0) is 9.53 Å². The summed E-state index contributed by atoms with van der Waals surface area (Å²) >= 11 is 0. The highest BCUT2D eigenvalue weighted by atomic mass is 16.5. The molecule has 18 heavy (non-hydrogen) atoms. The van der Waals surface area contributed by atoms with Gasteiger partial charge >= 0.3 is 5.97 Å². The van der Waals surface area contributed by atoms with Gasteiger partial charge < -0.3 is 10.1 Å². The maximum atomic E-state index is 11.3. The Kier molecular flexibility index (Phi) is 12.5. The second-order valence-electron chi connectivity index (χ2n) is 4.90. The van der Waals surface area contributed by atoms with Crippen LogP contribution in [0.1, 0.15) is 72.1 Å². The molecule has 1 N–H and O–H groups in total. The van der Waals surface area contributed by atoms with E-state index in [-0.39, 0.29) is 12.0 Å². The van der Waals surface area contributed by atoms with Crippen molar-refractivity contribution in [2.24, 2.45) is 0 Å². The maximum absolute atomic E-state index is 11.3. The third kappa shape index (κ3) is 10.6. The predicted octanol–water partition coefficient (Wildman–Crippen LogP) is 3.67. The Morgan fingerprint density at radius 2 is 1.56 bits per heavy atom. The minimum atomic E-state index is -0.172. The van der Waals surface area contributed by atoms with Crippen LogP contribution < -0.4 is 5.32 Å². The van der Waals surface area contributed by atoms with Crippen molar-refractivity contribution in [2.45, 2.75) is 78.2 Å². The number of esters is 1. The third-order valence-corrected chi connectivity index (χ3v) is 3.12. The molecule has 0 saturated heterocycles. The summed E-state index contributed by atoms with van der Waals surface area (Å²) in [5.41, 5.74) is 0. The smallest absolute Gasteiger partial charge is 0.322 e. The molecular weight excluding hydrogens is 226 g/mol. The van der Waals surface area contributed by atoms with E-state index in [2.05, 4.69) is 12.2 Å². The van der Waals surface area contributed by atoms with E-state index in [1.165, 1.54) is 44.9 Å². The van der Waals surface area contributed by atoms with Gasteiger partial charge in [-0.3, -0.25) is 4.79 Å². The number of nitrogens with one attached hydrogen (secondary N) is 1. The maximum Gasteiger partial charge on any atom is 0.322 e. The van der Waals surface area contributed by atoms with Crippen molar-refractivity contribution >= 4 is 5.97 Å². The van der Waals surface area contributed by atoms with Crippen LogP contribution in [-0.4, -0.2) is 25.2 Å². The zero-order chi connectivity index (χ0) is 13.6. The van der Waals surface area contributed by atoms with Crippen molar-refractivity contribution in [1.29, 1.82) is 0 Å². The van der Waals surface area contributed by atoms with Crippen molar-refractivity contribution in [3.63, 3.8) is 0 Å². The molecule has 0 bridgehead atoms. The van der Waals surface area contributed by atoms with E-state index in [0.717, 1.165) is 13.0 Å². The van der Waals surface area contributed by atoms with Crippen LogP contribution in [0.4, 0.5) is 0 Å². The summed E-state index contributed by atoms with van der Waals surface area (Å²) in [6.45, 7) is 7.32. The largest absolute Gasteiger partial charge is 0.465 e. The van der Waals surface area contributed by atoms with Gasteiger partial charge in [0.1, 0.15) is 6.04 Å². The van der Waals surface area contributed by atoms with E-state index >= 15 is 0 Å². The standard InChI is InChI=1S/C15H31NO2/c1-4-6-7-8-9-10-11-12-13-16-14(3)15(17)18-5-2/h14,16H,4-13H2,1-3H3. The number of hydrogen-bond acceptors (Lipinski definition) is 3. The zero-order valence-electron chi connectivity index (χ0n) is 12.5. The molecule has 3 heteroatoms. The molecule has 1 atom stereocenters. The van der Waals surface area contributed by atoms with E-state index in [0.29, 0.717) is 6.61 Å². The molecule has 0 aliphatic rings. The summed E-state index contributed by atoms with van der Waals surface area (Å²) < 4.78 is 4.94. The predicted molar refractivity (Wildman–Crippen MR) is 76.7 cm³/mol. The average molecular weight is 257 g/mol. The molecular formula is C15H31NO2. The lowest BCUT2D eigenvalue weighted by atomic mass is 10.1. The van der Waals surface area contributed by atoms with Gasteiger partial charge in [0.2, 0.25) is 0 Å². The van der Waals surface area contributed by atoms with Gasteiger partial charge in [-0.15, -0.1) is 0 Å². The molecule has 108 valence electrons. The van der Waals surface area contributed by atoms with Gasteiger partial charge in [0.05, 0.1) is 6.61 Å². The number of hydrogen-bond donors (Lipinski definition) is 1.